The highest BCUT2D eigenvalue weighted by atomic mass is 19.1. The summed E-state index contributed by atoms with van der Waals surface area (Å²) < 4.78 is 20.2. The fourth-order valence-electron chi connectivity index (χ4n) is 2.84. The van der Waals surface area contributed by atoms with E-state index in [1.165, 1.54) is 18.9 Å². The normalized spacial score (nSPS) is 23.1. The number of halogens is 1. The Hall–Kier alpha value is -1.09. The fourth-order valence-corrected chi connectivity index (χ4v) is 2.84. The Labute approximate surface area is 128 Å². The van der Waals surface area contributed by atoms with Gasteiger partial charge in [-0.25, -0.2) is 4.39 Å². The predicted molar refractivity (Wildman–Crippen MR) is 85.0 cm³/mol. The van der Waals surface area contributed by atoms with Crippen LogP contribution in [0.2, 0.25) is 0 Å². The van der Waals surface area contributed by atoms with E-state index in [2.05, 4.69) is 33.0 Å². The second-order valence-electron chi connectivity index (χ2n) is 7.34. The average Bonchev–Trinajstić information content (AvgIpc) is 2.39. The van der Waals surface area contributed by atoms with Gasteiger partial charge in [-0.15, -0.1) is 0 Å². The van der Waals surface area contributed by atoms with Gasteiger partial charge in [0, 0.05) is 17.6 Å². The van der Waals surface area contributed by atoms with E-state index in [9.17, 15) is 4.39 Å². The molecule has 1 fully saturated rings. The van der Waals surface area contributed by atoms with Gasteiger partial charge < -0.3 is 10.1 Å². The minimum atomic E-state index is -0.249. The van der Waals surface area contributed by atoms with Gasteiger partial charge in [-0.1, -0.05) is 25.5 Å². The molecule has 2 nitrogen and oxygen atoms in total. The zero-order chi connectivity index (χ0) is 15.5. The van der Waals surface area contributed by atoms with E-state index in [-0.39, 0.29) is 17.5 Å². The van der Waals surface area contributed by atoms with Crippen molar-refractivity contribution in [1.29, 1.82) is 0 Å². The number of ether oxygens (including phenoxy) is 1. The molecule has 118 valence electrons. The van der Waals surface area contributed by atoms with Crippen molar-refractivity contribution in [3.8, 4) is 5.75 Å². The maximum Gasteiger partial charge on any atom is 0.165 e. The summed E-state index contributed by atoms with van der Waals surface area (Å²) in [7, 11) is 0. The summed E-state index contributed by atoms with van der Waals surface area (Å²) in [6.07, 6.45) is 4.65. The molecule has 0 aliphatic heterocycles. The van der Waals surface area contributed by atoms with Gasteiger partial charge in [0.25, 0.3) is 0 Å². The summed E-state index contributed by atoms with van der Waals surface area (Å²) in [6, 6.07) is 5.19. The van der Waals surface area contributed by atoms with Crippen LogP contribution in [0, 0.1) is 11.7 Å². The van der Waals surface area contributed by atoms with E-state index < -0.39 is 0 Å². The predicted octanol–water partition coefficient (Wildman–Crippen LogP) is 4.67. The molecule has 0 bridgehead atoms. The third-order valence-electron chi connectivity index (χ3n) is 4.03. The van der Waals surface area contributed by atoms with Gasteiger partial charge in [-0.05, 0) is 52.0 Å². The molecule has 1 aliphatic carbocycles. The van der Waals surface area contributed by atoms with E-state index in [1.54, 1.807) is 6.07 Å². The largest absolute Gasteiger partial charge is 0.487 e. The number of para-hydroxylation sites is 1. The Balaban J connectivity index is 2.10. The van der Waals surface area contributed by atoms with Crippen LogP contribution in [0.4, 0.5) is 4.39 Å². The summed E-state index contributed by atoms with van der Waals surface area (Å²) in [5.74, 6) is 0.862. The van der Waals surface area contributed by atoms with Crippen molar-refractivity contribution in [1.82, 2.24) is 5.32 Å². The first-order chi connectivity index (χ1) is 9.85. The molecule has 2 rings (SSSR count). The number of nitrogens with one attached hydrogen (secondary N) is 1. The minimum absolute atomic E-state index is 0.00292. The van der Waals surface area contributed by atoms with Crippen LogP contribution in [0.15, 0.2) is 18.2 Å². The minimum Gasteiger partial charge on any atom is -0.487 e. The number of hydrogen-bond acceptors (Lipinski definition) is 2. The van der Waals surface area contributed by atoms with Gasteiger partial charge in [0.15, 0.2) is 11.6 Å². The first kappa shape index (κ1) is 16.3. The molecule has 2 atom stereocenters. The quantitative estimate of drug-likeness (QED) is 0.871. The lowest BCUT2D eigenvalue weighted by Gasteiger charge is -2.29. The molecular formula is C18H28FNO. The zero-order valence-corrected chi connectivity index (χ0v) is 13.7. The van der Waals surface area contributed by atoms with Crippen LogP contribution in [0.25, 0.3) is 0 Å². The number of hydrogen-bond donors (Lipinski definition) is 1. The van der Waals surface area contributed by atoms with Crippen molar-refractivity contribution >= 4 is 0 Å². The van der Waals surface area contributed by atoms with Crippen LogP contribution >= 0.6 is 0 Å². The van der Waals surface area contributed by atoms with Crippen molar-refractivity contribution in [2.75, 3.05) is 0 Å². The van der Waals surface area contributed by atoms with E-state index in [0.717, 1.165) is 18.4 Å². The molecule has 0 radical (unpaired) electrons. The Morgan fingerprint density at radius 3 is 2.71 bits per heavy atom. The summed E-state index contributed by atoms with van der Waals surface area (Å²) in [4.78, 5) is 0. The van der Waals surface area contributed by atoms with E-state index in [4.69, 9.17) is 4.74 Å². The Morgan fingerprint density at radius 1 is 1.29 bits per heavy atom. The first-order valence-electron chi connectivity index (χ1n) is 8.04. The first-order valence-corrected chi connectivity index (χ1v) is 8.04. The molecule has 2 unspecified atom stereocenters. The monoisotopic (exact) mass is 293 g/mol. The highest BCUT2D eigenvalue weighted by molar-refractivity contribution is 5.35. The van der Waals surface area contributed by atoms with Crippen LogP contribution in [-0.2, 0) is 6.54 Å². The van der Waals surface area contributed by atoms with Crippen molar-refractivity contribution in [2.45, 2.75) is 71.6 Å². The molecule has 0 aromatic heterocycles. The van der Waals surface area contributed by atoms with Gasteiger partial charge in [0.1, 0.15) is 0 Å². The lowest BCUT2D eigenvalue weighted by Crippen LogP contribution is -2.35. The van der Waals surface area contributed by atoms with Gasteiger partial charge >= 0.3 is 0 Å². The maximum absolute atomic E-state index is 14.2. The molecule has 1 N–H and O–H groups in total. The molecule has 1 aliphatic rings. The number of rotatable bonds is 4. The SMILES string of the molecule is CC1CCCC(Oc2c(F)cccc2CNC(C)(C)C)C1. The highest BCUT2D eigenvalue weighted by Crippen LogP contribution is 2.30. The molecule has 3 heteroatoms. The lowest BCUT2D eigenvalue weighted by atomic mass is 9.88. The van der Waals surface area contributed by atoms with Crippen LogP contribution in [0.1, 0.15) is 58.9 Å². The van der Waals surface area contributed by atoms with E-state index in [1.807, 2.05) is 6.07 Å². The van der Waals surface area contributed by atoms with Crippen LogP contribution in [0.5, 0.6) is 5.75 Å². The molecule has 0 heterocycles. The summed E-state index contributed by atoms with van der Waals surface area (Å²) in [5, 5.41) is 3.41. The molecule has 1 saturated carbocycles. The molecule has 21 heavy (non-hydrogen) atoms. The third kappa shape index (κ3) is 4.99. The van der Waals surface area contributed by atoms with Gasteiger partial charge in [-0.3, -0.25) is 0 Å². The van der Waals surface area contributed by atoms with E-state index in [0.29, 0.717) is 18.2 Å². The zero-order valence-electron chi connectivity index (χ0n) is 13.7. The van der Waals surface area contributed by atoms with Crippen molar-refractivity contribution in [3.05, 3.63) is 29.6 Å². The third-order valence-corrected chi connectivity index (χ3v) is 4.03. The lowest BCUT2D eigenvalue weighted by molar-refractivity contribution is 0.122. The molecule has 0 saturated heterocycles. The average molecular weight is 293 g/mol. The summed E-state index contributed by atoms with van der Waals surface area (Å²) in [6.45, 7) is 9.19. The standard InChI is InChI=1S/C18H28FNO/c1-13-7-5-9-15(11-13)21-17-14(8-6-10-16(17)19)12-20-18(2,3)4/h6,8,10,13,15,20H,5,7,9,11-12H2,1-4H3. The second kappa shape index (κ2) is 6.78. The molecule has 1 aromatic carbocycles. The Kier molecular flexibility index (Phi) is 5.26. The van der Waals surface area contributed by atoms with Crippen molar-refractivity contribution in [3.63, 3.8) is 0 Å². The smallest absolute Gasteiger partial charge is 0.165 e. The molecule has 1 aromatic rings. The van der Waals surface area contributed by atoms with Crippen LogP contribution in [-0.4, -0.2) is 11.6 Å². The molecule has 0 spiro atoms. The summed E-state index contributed by atoms with van der Waals surface area (Å²) in [5.41, 5.74) is 0.909. The van der Waals surface area contributed by atoms with Gasteiger partial charge in [0.2, 0.25) is 0 Å². The molecular weight excluding hydrogens is 265 g/mol. The van der Waals surface area contributed by atoms with Gasteiger partial charge in [-0.2, -0.15) is 0 Å². The summed E-state index contributed by atoms with van der Waals surface area (Å²) >= 11 is 0. The van der Waals surface area contributed by atoms with Crippen molar-refractivity contribution in [2.24, 2.45) is 5.92 Å². The van der Waals surface area contributed by atoms with Crippen LogP contribution in [0.3, 0.4) is 0 Å². The molecule has 0 amide bonds. The Morgan fingerprint density at radius 2 is 2.05 bits per heavy atom. The van der Waals surface area contributed by atoms with E-state index >= 15 is 0 Å². The van der Waals surface area contributed by atoms with Crippen LogP contribution < -0.4 is 10.1 Å². The second-order valence-corrected chi connectivity index (χ2v) is 7.34. The Bertz CT molecular complexity index is 467. The number of benzene rings is 1. The van der Waals surface area contributed by atoms with Crippen molar-refractivity contribution < 1.29 is 9.13 Å². The highest BCUT2D eigenvalue weighted by Gasteiger charge is 2.23. The fraction of sp³-hybridized carbons (Fsp3) is 0.667. The topological polar surface area (TPSA) is 21.3 Å². The maximum atomic E-state index is 14.2. The van der Waals surface area contributed by atoms with Gasteiger partial charge in [0.05, 0.1) is 6.10 Å².